The molecule has 2 nitrogen and oxygen atoms in total. The molecule has 0 heterocycles. The van der Waals surface area contributed by atoms with E-state index in [0.717, 1.165) is 19.6 Å². The van der Waals surface area contributed by atoms with Crippen LogP contribution in [0.15, 0.2) is 0 Å². The van der Waals surface area contributed by atoms with Crippen molar-refractivity contribution >= 4 is 0 Å². The van der Waals surface area contributed by atoms with E-state index in [2.05, 4.69) is 18.9 Å². The van der Waals surface area contributed by atoms with E-state index < -0.39 is 0 Å². The second kappa shape index (κ2) is 11.7. The highest BCUT2D eigenvalue weighted by Gasteiger charge is 1.90. The van der Waals surface area contributed by atoms with Crippen LogP contribution in [0.2, 0.25) is 0 Å². The molecule has 2 heteroatoms. The Morgan fingerprint density at radius 1 is 1.30 bits per heavy atom. The van der Waals surface area contributed by atoms with E-state index in [1.165, 1.54) is 6.42 Å². The van der Waals surface area contributed by atoms with Crippen LogP contribution < -0.4 is 5.73 Å². The summed E-state index contributed by atoms with van der Waals surface area (Å²) < 4.78 is 0. The quantitative estimate of drug-likeness (QED) is 0.655. The summed E-state index contributed by atoms with van der Waals surface area (Å²) >= 11 is 0. The minimum Gasteiger partial charge on any atom is -0.329 e. The summed E-state index contributed by atoms with van der Waals surface area (Å²) in [6.45, 7) is 9.13. The highest BCUT2D eigenvalue weighted by Crippen LogP contribution is 1.82. The first kappa shape index (κ1) is 12.6. The average molecular weight is 148 g/mol. The Balaban J connectivity index is -0.000000196. The zero-order chi connectivity index (χ0) is 8.41. The molecule has 0 amide bonds. The van der Waals surface area contributed by atoms with Crippen LogP contribution in [-0.2, 0) is 0 Å². The van der Waals surface area contributed by atoms with Crippen LogP contribution in [0.4, 0.5) is 0 Å². The van der Waals surface area contributed by atoms with Gasteiger partial charge in [-0.1, -0.05) is 20.8 Å². The Bertz CT molecular complexity index is 45.4. The number of nitrogens with two attached hydrogens (primary N) is 1. The molecular formula is C8H24N2. The Morgan fingerprint density at radius 2 is 1.80 bits per heavy atom. The van der Waals surface area contributed by atoms with E-state index in [0.29, 0.717) is 0 Å². The topological polar surface area (TPSA) is 29.3 Å². The molecule has 0 unspecified atom stereocenters. The molecular weight excluding hydrogens is 124 g/mol. The molecule has 0 aliphatic carbocycles. The number of hydrogen-bond donors (Lipinski definition) is 1. The lowest BCUT2D eigenvalue weighted by molar-refractivity contribution is 0.344. The largest absolute Gasteiger partial charge is 0.329 e. The molecule has 0 aromatic rings. The Hall–Kier alpha value is -0.0800. The Labute approximate surface area is 66.9 Å². The standard InChI is InChI=1S/C6H16N2.C2H6.H2/c1-3-5-8(2)6-4-7;1-2;/h3-7H2,1-2H3;1-2H3;1H. The summed E-state index contributed by atoms with van der Waals surface area (Å²) in [5, 5.41) is 0. The molecule has 0 saturated heterocycles. The van der Waals surface area contributed by atoms with Crippen molar-refractivity contribution in [3.63, 3.8) is 0 Å². The molecule has 0 aliphatic heterocycles. The van der Waals surface area contributed by atoms with Crippen LogP contribution >= 0.6 is 0 Å². The maximum absolute atomic E-state index is 5.32. The van der Waals surface area contributed by atoms with Crippen molar-refractivity contribution in [1.29, 1.82) is 0 Å². The number of nitrogens with zero attached hydrogens (tertiary/aromatic N) is 1. The minimum atomic E-state index is 0. The van der Waals surface area contributed by atoms with Crippen molar-refractivity contribution in [1.82, 2.24) is 4.90 Å². The second-order valence-electron chi connectivity index (χ2n) is 2.09. The summed E-state index contributed by atoms with van der Waals surface area (Å²) in [4.78, 5) is 2.24. The molecule has 0 saturated carbocycles. The molecule has 2 N–H and O–H groups in total. The molecule has 0 rings (SSSR count). The van der Waals surface area contributed by atoms with Gasteiger partial charge in [0.05, 0.1) is 0 Å². The summed E-state index contributed by atoms with van der Waals surface area (Å²) in [6.07, 6.45) is 1.22. The predicted molar refractivity (Wildman–Crippen MR) is 50.3 cm³/mol. The van der Waals surface area contributed by atoms with Crippen molar-refractivity contribution in [3.05, 3.63) is 0 Å². The van der Waals surface area contributed by atoms with Gasteiger partial charge in [0.1, 0.15) is 0 Å². The van der Waals surface area contributed by atoms with Crippen LogP contribution in [0.5, 0.6) is 0 Å². The van der Waals surface area contributed by atoms with Gasteiger partial charge in [0.25, 0.3) is 0 Å². The van der Waals surface area contributed by atoms with E-state index in [9.17, 15) is 0 Å². The first-order chi connectivity index (χ1) is 4.81. The van der Waals surface area contributed by atoms with E-state index >= 15 is 0 Å². The Morgan fingerprint density at radius 3 is 2.10 bits per heavy atom. The van der Waals surface area contributed by atoms with Crippen LogP contribution in [0, 0.1) is 0 Å². The number of likely N-dealkylation sites (N-methyl/N-ethyl adjacent to an activating group) is 1. The highest BCUT2D eigenvalue weighted by atomic mass is 15.1. The molecule has 10 heavy (non-hydrogen) atoms. The first-order valence-corrected chi connectivity index (χ1v) is 4.20. The van der Waals surface area contributed by atoms with Crippen LogP contribution in [-0.4, -0.2) is 31.6 Å². The average Bonchev–Trinajstić information content (AvgIpc) is 1.93. The van der Waals surface area contributed by atoms with Crippen molar-refractivity contribution in [3.8, 4) is 0 Å². The van der Waals surface area contributed by atoms with Crippen LogP contribution in [0.3, 0.4) is 0 Å². The third-order valence-corrected chi connectivity index (χ3v) is 1.12. The smallest absolute Gasteiger partial charge is 0.0102 e. The minimum absolute atomic E-state index is 0. The van der Waals surface area contributed by atoms with E-state index in [4.69, 9.17) is 5.73 Å². The van der Waals surface area contributed by atoms with Crippen LogP contribution in [0.1, 0.15) is 28.6 Å². The maximum Gasteiger partial charge on any atom is 0.0102 e. The lowest BCUT2D eigenvalue weighted by atomic mass is 10.4. The molecule has 0 bridgehead atoms. The molecule has 0 spiro atoms. The summed E-state index contributed by atoms with van der Waals surface area (Å²) in [7, 11) is 2.09. The van der Waals surface area contributed by atoms with Gasteiger partial charge in [0, 0.05) is 14.5 Å². The fourth-order valence-corrected chi connectivity index (χ4v) is 0.714. The van der Waals surface area contributed by atoms with Gasteiger partial charge < -0.3 is 10.6 Å². The van der Waals surface area contributed by atoms with Gasteiger partial charge >= 0.3 is 0 Å². The number of rotatable bonds is 4. The molecule has 0 fully saturated rings. The maximum atomic E-state index is 5.32. The number of hydrogen-bond acceptors (Lipinski definition) is 2. The van der Waals surface area contributed by atoms with Gasteiger partial charge in [-0.3, -0.25) is 0 Å². The predicted octanol–water partition coefficient (Wildman–Crippen LogP) is 1.56. The fraction of sp³-hybridized carbons (Fsp3) is 1.00. The lowest BCUT2D eigenvalue weighted by Gasteiger charge is -2.12. The van der Waals surface area contributed by atoms with Gasteiger partial charge in [-0.15, -0.1) is 0 Å². The third kappa shape index (κ3) is 10.8. The van der Waals surface area contributed by atoms with E-state index in [1.54, 1.807) is 0 Å². The van der Waals surface area contributed by atoms with Gasteiger partial charge in [-0.25, -0.2) is 0 Å². The van der Waals surface area contributed by atoms with E-state index in [-0.39, 0.29) is 1.43 Å². The zero-order valence-electron chi connectivity index (χ0n) is 7.85. The molecule has 0 aromatic heterocycles. The van der Waals surface area contributed by atoms with Crippen molar-refractivity contribution in [2.45, 2.75) is 27.2 Å². The van der Waals surface area contributed by atoms with Crippen molar-refractivity contribution in [2.24, 2.45) is 5.73 Å². The second-order valence-corrected chi connectivity index (χ2v) is 2.09. The summed E-state index contributed by atoms with van der Waals surface area (Å²) in [5.74, 6) is 0. The normalized spacial score (nSPS) is 9.00. The molecule has 0 aromatic carbocycles. The Kier molecular flexibility index (Phi) is 14.7. The first-order valence-electron chi connectivity index (χ1n) is 4.20. The third-order valence-electron chi connectivity index (χ3n) is 1.12. The monoisotopic (exact) mass is 148 g/mol. The molecule has 0 aliphatic rings. The van der Waals surface area contributed by atoms with Crippen molar-refractivity contribution in [2.75, 3.05) is 26.7 Å². The summed E-state index contributed by atoms with van der Waals surface area (Å²) in [5.41, 5.74) is 5.32. The van der Waals surface area contributed by atoms with Gasteiger partial charge in [-0.2, -0.15) is 0 Å². The van der Waals surface area contributed by atoms with Gasteiger partial charge in [0.15, 0.2) is 0 Å². The summed E-state index contributed by atoms with van der Waals surface area (Å²) in [6, 6.07) is 0. The SMILES string of the molecule is CC.CCCN(C)CCN.[HH]. The van der Waals surface area contributed by atoms with Gasteiger partial charge in [-0.05, 0) is 20.0 Å². The molecule has 66 valence electrons. The van der Waals surface area contributed by atoms with Gasteiger partial charge in [0.2, 0.25) is 0 Å². The lowest BCUT2D eigenvalue weighted by Crippen LogP contribution is -2.25. The van der Waals surface area contributed by atoms with E-state index in [1.807, 2.05) is 13.8 Å². The van der Waals surface area contributed by atoms with Crippen molar-refractivity contribution < 1.29 is 1.43 Å². The molecule has 0 atom stereocenters. The molecule has 0 radical (unpaired) electrons. The fourth-order valence-electron chi connectivity index (χ4n) is 0.714. The zero-order valence-corrected chi connectivity index (χ0v) is 7.85. The van der Waals surface area contributed by atoms with Crippen LogP contribution in [0.25, 0.3) is 0 Å². The highest BCUT2D eigenvalue weighted by molar-refractivity contribution is 4.47.